The highest BCUT2D eigenvalue weighted by atomic mass is 16.5. The van der Waals surface area contributed by atoms with Gasteiger partial charge in [-0.25, -0.2) is 0 Å². The molecule has 1 heterocycles. The van der Waals surface area contributed by atoms with Gasteiger partial charge in [0.25, 0.3) is 0 Å². The number of rotatable bonds is 6. The van der Waals surface area contributed by atoms with E-state index in [0.717, 1.165) is 25.6 Å². The van der Waals surface area contributed by atoms with Crippen molar-refractivity contribution in [2.75, 3.05) is 19.7 Å². The molecule has 1 spiro atoms. The zero-order chi connectivity index (χ0) is 14.5. The molecule has 1 aliphatic carbocycles. The second-order valence-electron chi connectivity index (χ2n) is 6.89. The van der Waals surface area contributed by atoms with Crippen LogP contribution in [0.25, 0.3) is 0 Å². The van der Waals surface area contributed by atoms with Crippen LogP contribution in [0, 0.1) is 5.92 Å². The minimum Gasteiger partial charge on any atom is -0.375 e. The van der Waals surface area contributed by atoms with Crippen LogP contribution in [0.3, 0.4) is 0 Å². The minimum atomic E-state index is 0.280. The topological polar surface area (TPSA) is 21.3 Å². The molecule has 1 saturated heterocycles. The SMILES string of the molecule is CCNCC(CC1CCOC2(CCC2)C1)c1ccccc1. The molecule has 2 atom stereocenters. The van der Waals surface area contributed by atoms with E-state index in [1.807, 2.05) is 0 Å². The van der Waals surface area contributed by atoms with Crippen molar-refractivity contribution in [3.63, 3.8) is 0 Å². The monoisotopic (exact) mass is 287 g/mol. The molecular formula is C19H29NO. The molecule has 2 nitrogen and oxygen atoms in total. The molecule has 116 valence electrons. The Morgan fingerprint density at radius 2 is 2.10 bits per heavy atom. The smallest absolute Gasteiger partial charge is 0.0685 e. The first-order chi connectivity index (χ1) is 10.3. The molecule has 21 heavy (non-hydrogen) atoms. The standard InChI is InChI=1S/C19H29NO/c1-2-20-15-18(17-7-4-3-5-8-17)13-16-9-12-21-19(14-16)10-6-11-19/h3-5,7-8,16,18,20H,2,6,9-15H2,1H3. The lowest BCUT2D eigenvalue weighted by atomic mass is 9.70. The van der Waals surface area contributed by atoms with E-state index in [1.54, 1.807) is 0 Å². The Morgan fingerprint density at radius 3 is 2.76 bits per heavy atom. The van der Waals surface area contributed by atoms with Crippen LogP contribution in [0.5, 0.6) is 0 Å². The van der Waals surface area contributed by atoms with Crippen LogP contribution in [0.4, 0.5) is 0 Å². The normalized spacial score (nSPS) is 25.5. The molecule has 2 unspecified atom stereocenters. The fourth-order valence-corrected chi connectivity index (χ4v) is 4.03. The molecule has 1 saturated carbocycles. The fraction of sp³-hybridized carbons (Fsp3) is 0.684. The minimum absolute atomic E-state index is 0.280. The van der Waals surface area contributed by atoms with Gasteiger partial charge in [-0.2, -0.15) is 0 Å². The van der Waals surface area contributed by atoms with Crippen molar-refractivity contribution in [2.24, 2.45) is 5.92 Å². The largest absolute Gasteiger partial charge is 0.375 e. The molecule has 2 heteroatoms. The zero-order valence-electron chi connectivity index (χ0n) is 13.3. The highest BCUT2D eigenvalue weighted by Gasteiger charge is 2.42. The quantitative estimate of drug-likeness (QED) is 0.850. The summed E-state index contributed by atoms with van der Waals surface area (Å²) in [6.45, 7) is 5.33. The average Bonchev–Trinajstić information content (AvgIpc) is 2.51. The van der Waals surface area contributed by atoms with Crippen LogP contribution in [0.15, 0.2) is 30.3 Å². The molecule has 3 rings (SSSR count). The van der Waals surface area contributed by atoms with Crippen LogP contribution >= 0.6 is 0 Å². The van der Waals surface area contributed by atoms with Crippen molar-refractivity contribution in [3.05, 3.63) is 35.9 Å². The summed E-state index contributed by atoms with van der Waals surface area (Å²) >= 11 is 0. The molecule has 1 aromatic carbocycles. The molecule has 0 radical (unpaired) electrons. The van der Waals surface area contributed by atoms with E-state index < -0.39 is 0 Å². The molecule has 2 fully saturated rings. The lowest BCUT2D eigenvalue weighted by molar-refractivity contribution is -0.144. The Kier molecular flexibility index (Phi) is 4.97. The summed E-state index contributed by atoms with van der Waals surface area (Å²) in [4.78, 5) is 0. The number of hydrogen-bond acceptors (Lipinski definition) is 2. The van der Waals surface area contributed by atoms with E-state index in [-0.39, 0.29) is 5.60 Å². The van der Waals surface area contributed by atoms with Gasteiger partial charge in [0, 0.05) is 13.2 Å². The second kappa shape index (κ2) is 6.93. The Bertz CT molecular complexity index is 426. The molecule has 1 N–H and O–H groups in total. The van der Waals surface area contributed by atoms with Gasteiger partial charge in [0.15, 0.2) is 0 Å². The summed E-state index contributed by atoms with van der Waals surface area (Å²) in [5, 5.41) is 3.55. The number of nitrogens with one attached hydrogen (secondary N) is 1. The van der Waals surface area contributed by atoms with Gasteiger partial charge in [0.05, 0.1) is 5.60 Å². The molecule has 0 aromatic heterocycles. The first-order valence-electron chi connectivity index (χ1n) is 8.71. The summed E-state index contributed by atoms with van der Waals surface area (Å²) in [5.74, 6) is 1.48. The van der Waals surface area contributed by atoms with E-state index in [2.05, 4.69) is 42.6 Å². The lowest BCUT2D eigenvalue weighted by Crippen LogP contribution is -2.45. The summed E-state index contributed by atoms with van der Waals surface area (Å²) < 4.78 is 6.08. The van der Waals surface area contributed by atoms with E-state index in [0.29, 0.717) is 5.92 Å². The second-order valence-corrected chi connectivity index (χ2v) is 6.89. The summed E-state index contributed by atoms with van der Waals surface area (Å²) in [6.07, 6.45) is 7.81. The summed E-state index contributed by atoms with van der Waals surface area (Å²) in [7, 11) is 0. The van der Waals surface area contributed by atoms with Gasteiger partial charge in [-0.1, -0.05) is 37.3 Å². The van der Waals surface area contributed by atoms with Crippen LogP contribution in [-0.2, 0) is 4.74 Å². The first kappa shape index (κ1) is 15.1. The number of hydrogen-bond donors (Lipinski definition) is 1. The molecule has 0 amide bonds. The lowest BCUT2D eigenvalue weighted by Gasteiger charge is -2.47. The maximum absolute atomic E-state index is 6.08. The van der Waals surface area contributed by atoms with Crippen molar-refractivity contribution in [1.29, 1.82) is 0 Å². The third kappa shape index (κ3) is 3.67. The van der Waals surface area contributed by atoms with Crippen LogP contribution in [0.1, 0.15) is 56.9 Å². The molecule has 1 aliphatic heterocycles. The van der Waals surface area contributed by atoms with Crippen LogP contribution in [0.2, 0.25) is 0 Å². The summed E-state index contributed by atoms with van der Waals surface area (Å²) in [5.41, 5.74) is 1.77. The first-order valence-corrected chi connectivity index (χ1v) is 8.71. The van der Waals surface area contributed by atoms with Gasteiger partial charge in [-0.3, -0.25) is 0 Å². The van der Waals surface area contributed by atoms with Crippen LogP contribution in [-0.4, -0.2) is 25.3 Å². The van der Waals surface area contributed by atoms with E-state index in [1.165, 1.54) is 44.1 Å². The number of likely N-dealkylation sites (N-methyl/N-ethyl adjacent to an activating group) is 1. The third-order valence-electron chi connectivity index (χ3n) is 5.39. The van der Waals surface area contributed by atoms with Crippen molar-refractivity contribution in [1.82, 2.24) is 5.32 Å². The Labute approximate surface area is 129 Å². The van der Waals surface area contributed by atoms with Crippen molar-refractivity contribution >= 4 is 0 Å². The van der Waals surface area contributed by atoms with Gasteiger partial charge < -0.3 is 10.1 Å². The van der Waals surface area contributed by atoms with Crippen LogP contribution < -0.4 is 5.32 Å². The molecule has 1 aromatic rings. The Morgan fingerprint density at radius 1 is 1.29 bits per heavy atom. The van der Waals surface area contributed by atoms with E-state index in [4.69, 9.17) is 4.74 Å². The predicted octanol–water partition coefficient (Wildman–Crippen LogP) is 4.12. The highest BCUT2D eigenvalue weighted by Crippen LogP contribution is 2.46. The summed E-state index contributed by atoms with van der Waals surface area (Å²) in [6, 6.07) is 11.0. The Balaban J connectivity index is 1.63. The highest BCUT2D eigenvalue weighted by molar-refractivity contribution is 5.20. The molecular weight excluding hydrogens is 258 g/mol. The maximum atomic E-state index is 6.08. The van der Waals surface area contributed by atoms with E-state index in [9.17, 15) is 0 Å². The zero-order valence-corrected chi connectivity index (χ0v) is 13.3. The van der Waals surface area contributed by atoms with Gasteiger partial charge >= 0.3 is 0 Å². The van der Waals surface area contributed by atoms with Crippen molar-refractivity contribution in [3.8, 4) is 0 Å². The maximum Gasteiger partial charge on any atom is 0.0685 e. The van der Waals surface area contributed by atoms with Gasteiger partial charge in [-0.05, 0) is 62.5 Å². The van der Waals surface area contributed by atoms with Gasteiger partial charge in [0.1, 0.15) is 0 Å². The number of benzene rings is 1. The van der Waals surface area contributed by atoms with Gasteiger partial charge in [-0.15, -0.1) is 0 Å². The van der Waals surface area contributed by atoms with E-state index >= 15 is 0 Å². The Hall–Kier alpha value is -0.860. The third-order valence-corrected chi connectivity index (χ3v) is 5.39. The van der Waals surface area contributed by atoms with Crippen molar-refractivity contribution < 1.29 is 4.74 Å². The predicted molar refractivity (Wildman–Crippen MR) is 87.6 cm³/mol. The molecule has 2 aliphatic rings. The number of ether oxygens (including phenoxy) is 1. The average molecular weight is 287 g/mol. The van der Waals surface area contributed by atoms with Crippen molar-refractivity contribution in [2.45, 2.75) is 57.0 Å². The molecule has 0 bridgehead atoms. The fourth-order valence-electron chi connectivity index (χ4n) is 4.03. The van der Waals surface area contributed by atoms with Gasteiger partial charge in [0.2, 0.25) is 0 Å².